The summed E-state index contributed by atoms with van der Waals surface area (Å²) < 4.78 is 4.77. The van der Waals surface area contributed by atoms with Crippen LogP contribution in [0.25, 0.3) is 0 Å². The predicted octanol–water partition coefficient (Wildman–Crippen LogP) is 2.71. The lowest BCUT2D eigenvalue weighted by Gasteiger charge is -2.12. The second kappa shape index (κ2) is 6.11. The fraction of sp³-hybridized carbons (Fsp3) is 0.250. The molecule has 0 atom stereocenters. The number of carbonyl (C=O) groups is 3. The first-order valence-electron chi connectivity index (χ1n) is 5.62. The van der Waals surface area contributed by atoms with E-state index in [0.717, 1.165) is 0 Å². The summed E-state index contributed by atoms with van der Waals surface area (Å²) >= 11 is 11.6. The van der Waals surface area contributed by atoms with Crippen molar-refractivity contribution in [2.24, 2.45) is 0 Å². The number of hydrogen-bond donors (Lipinski definition) is 0. The van der Waals surface area contributed by atoms with Crippen molar-refractivity contribution in [3.05, 3.63) is 33.8 Å². The molecule has 0 radical (unpaired) electrons. The Morgan fingerprint density at radius 3 is 2.45 bits per heavy atom. The minimum absolute atomic E-state index is 0.0229. The summed E-state index contributed by atoms with van der Waals surface area (Å²) in [5.41, 5.74) is 0.520. The Morgan fingerprint density at radius 1 is 1.20 bits per heavy atom. The molecule has 2 amide bonds. The molecule has 8 heteroatoms. The van der Waals surface area contributed by atoms with Crippen molar-refractivity contribution in [3.8, 4) is 0 Å². The van der Waals surface area contributed by atoms with Gasteiger partial charge in [-0.3, -0.25) is 14.4 Å². The third-order valence-electron chi connectivity index (χ3n) is 2.53. The molecule has 1 fully saturated rings. The molecule has 1 aromatic carbocycles. The maximum absolute atomic E-state index is 11.4. The highest BCUT2D eigenvalue weighted by Gasteiger charge is 2.33. The van der Waals surface area contributed by atoms with E-state index in [2.05, 4.69) is 4.84 Å². The average molecular weight is 318 g/mol. The Morgan fingerprint density at radius 2 is 1.85 bits per heavy atom. The van der Waals surface area contributed by atoms with Gasteiger partial charge in [0.1, 0.15) is 6.61 Å². The molecule has 0 spiro atoms. The number of benzene rings is 1. The van der Waals surface area contributed by atoms with Crippen LogP contribution in [0.1, 0.15) is 18.4 Å². The van der Waals surface area contributed by atoms with E-state index in [1.54, 1.807) is 12.1 Å². The first-order valence-corrected chi connectivity index (χ1v) is 6.37. The third-order valence-corrected chi connectivity index (χ3v) is 3.12. The quantitative estimate of drug-likeness (QED) is 0.633. The van der Waals surface area contributed by atoms with Crippen LogP contribution in [0.5, 0.6) is 0 Å². The van der Waals surface area contributed by atoms with Crippen LogP contribution in [0.2, 0.25) is 10.0 Å². The summed E-state index contributed by atoms with van der Waals surface area (Å²) in [6, 6.07) is 4.68. The molecule has 1 aliphatic rings. The van der Waals surface area contributed by atoms with E-state index in [-0.39, 0.29) is 19.4 Å². The van der Waals surface area contributed by atoms with Crippen molar-refractivity contribution in [1.82, 2.24) is 5.06 Å². The number of hydroxylamine groups is 2. The second-order valence-electron chi connectivity index (χ2n) is 3.95. The van der Waals surface area contributed by atoms with Gasteiger partial charge in [-0.15, -0.1) is 0 Å². The van der Waals surface area contributed by atoms with Crippen LogP contribution < -0.4 is 0 Å². The molecule has 1 aromatic rings. The lowest BCUT2D eigenvalue weighted by molar-refractivity contribution is -0.177. The zero-order valence-electron chi connectivity index (χ0n) is 10.1. The molecule has 0 saturated carbocycles. The normalized spacial score (nSPS) is 14.6. The second-order valence-corrected chi connectivity index (χ2v) is 4.79. The standard InChI is InChI=1S/C12H9Cl2NO5/c13-8-2-1-7(9(14)5-8)6-19-12(18)20-15-10(16)3-4-11(15)17/h1-2,5H,3-4,6H2. The summed E-state index contributed by atoms with van der Waals surface area (Å²) in [6.45, 7) is -0.162. The minimum Gasteiger partial charge on any atom is -0.428 e. The SMILES string of the molecule is O=C(OCc1ccc(Cl)cc1Cl)ON1C(=O)CCC1=O. The van der Waals surface area contributed by atoms with Crippen LogP contribution in [0.4, 0.5) is 4.79 Å². The van der Waals surface area contributed by atoms with Crippen molar-refractivity contribution in [1.29, 1.82) is 0 Å². The van der Waals surface area contributed by atoms with E-state index >= 15 is 0 Å². The molecule has 0 N–H and O–H groups in total. The smallest absolute Gasteiger partial charge is 0.428 e. The van der Waals surface area contributed by atoms with Gasteiger partial charge < -0.3 is 4.74 Å². The monoisotopic (exact) mass is 317 g/mol. The highest BCUT2D eigenvalue weighted by molar-refractivity contribution is 6.35. The maximum Gasteiger partial charge on any atom is 0.534 e. The molecular weight excluding hydrogens is 309 g/mol. The van der Waals surface area contributed by atoms with Crippen molar-refractivity contribution in [2.75, 3.05) is 0 Å². The molecule has 20 heavy (non-hydrogen) atoms. The number of rotatable bonds is 3. The van der Waals surface area contributed by atoms with E-state index in [1.807, 2.05) is 0 Å². The number of ether oxygens (including phenoxy) is 1. The van der Waals surface area contributed by atoms with Gasteiger partial charge in [0.15, 0.2) is 0 Å². The molecule has 0 aliphatic carbocycles. The topological polar surface area (TPSA) is 72.9 Å². The van der Waals surface area contributed by atoms with Gasteiger partial charge in [-0.25, -0.2) is 4.79 Å². The first-order chi connectivity index (χ1) is 9.47. The van der Waals surface area contributed by atoms with Crippen molar-refractivity contribution < 1.29 is 24.0 Å². The van der Waals surface area contributed by atoms with Crippen molar-refractivity contribution in [2.45, 2.75) is 19.4 Å². The van der Waals surface area contributed by atoms with Crippen LogP contribution in [0.3, 0.4) is 0 Å². The number of halogens is 2. The Bertz CT molecular complexity index is 559. The maximum atomic E-state index is 11.4. The summed E-state index contributed by atoms with van der Waals surface area (Å²) in [4.78, 5) is 38.4. The number of nitrogens with zero attached hydrogens (tertiary/aromatic N) is 1. The minimum atomic E-state index is -1.15. The van der Waals surface area contributed by atoms with Gasteiger partial charge in [0, 0.05) is 28.5 Å². The zero-order chi connectivity index (χ0) is 14.7. The summed E-state index contributed by atoms with van der Waals surface area (Å²) in [7, 11) is 0. The zero-order valence-corrected chi connectivity index (χ0v) is 11.6. The molecule has 6 nitrogen and oxygen atoms in total. The Kier molecular flexibility index (Phi) is 4.46. The van der Waals surface area contributed by atoms with E-state index in [1.165, 1.54) is 6.07 Å². The van der Waals surface area contributed by atoms with E-state index < -0.39 is 18.0 Å². The molecule has 2 rings (SSSR count). The Hall–Kier alpha value is -1.79. The number of amides is 2. The van der Waals surface area contributed by atoms with Gasteiger partial charge >= 0.3 is 6.16 Å². The third kappa shape index (κ3) is 3.40. The van der Waals surface area contributed by atoms with Gasteiger partial charge in [0.25, 0.3) is 11.8 Å². The fourth-order valence-corrected chi connectivity index (χ4v) is 2.00. The highest BCUT2D eigenvalue weighted by Crippen LogP contribution is 2.22. The van der Waals surface area contributed by atoms with Crippen LogP contribution in [-0.2, 0) is 25.8 Å². The number of hydrogen-bond acceptors (Lipinski definition) is 5. The molecule has 1 heterocycles. The summed E-state index contributed by atoms with van der Waals surface area (Å²) in [6.07, 6.45) is -1.11. The van der Waals surface area contributed by atoms with Gasteiger partial charge in [-0.05, 0) is 12.1 Å². The molecule has 0 bridgehead atoms. The van der Waals surface area contributed by atoms with Crippen molar-refractivity contribution >= 4 is 41.2 Å². The molecule has 0 unspecified atom stereocenters. The van der Waals surface area contributed by atoms with Crippen molar-refractivity contribution in [3.63, 3.8) is 0 Å². The number of carbonyl (C=O) groups excluding carboxylic acids is 3. The molecule has 0 aromatic heterocycles. The lowest BCUT2D eigenvalue weighted by atomic mass is 10.2. The predicted molar refractivity (Wildman–Crippen MR) is 68.8 cm³/mol. The highest BCUT2D eigenvalue weighted by atomic mass is 35.5. The number of imide groups is 1. The van der Waals surface area contributed by atoms with E-state index in [4.69, 9.17) is 27.9 Å². The van der Waals surface area contributed by atoms with Gasteiger partial charge in [-0.1, -0.05) is 34.3 Å². The summed E-state index contributed by atoms with van der Waals surface area (Å²) in [5.74, 6) is -1.15. The molecule has 1 aliphatic heterocycles. The molecule has 1 saturated heterocycles. The van der Waals surface area contributed by atoms with Crippen LogP contribution in [-0.4, -0.2) is 23.0 Å². The van der Waals surface area contributed by atoms with Gasteiger partial charge in [-0.2, -0.15) is 0 Å². The first kappa shape index (κ1) is 14.6. The largest absolute Gasteiger partial charge is 0.534 e. The van der Waals surface area contributed by atoms with Crippen LogP contribution in [0, 0.1) is 0 Å². The summed E-state index contributed by atoms with van der Waals surface area (Å²) in [5, 5.41) is 1.19. The molecule has 106 valence electrons. The van der Waals surface area contributed by atoms with Crippen LogP contribution >= 0.6 is 23.2 Å². The van der Waals surface area contributed by atoms with E-state index in [9.17, 15) is 14.4 Å². The Labute approximate surface area is 124 Å². The average Bonchev–Trinajstić information content (AvgIpc) is 2.69. The molecular formula is C12H9Cl2NO5. The van der Waals surface area contributed by atoms with E-state index in [0.29, 0.717) is 20.7 Å². The Balaban J connectivity index is 1.89. The lowest BCUT2D eigenvalue weighted by Crippen LogP contribution is -2.32. The van der Waals surface area contributed by atoms with Gasteiger partial charge in [0.05, 0.1) is 0 Å². The fourth-order valence-electron chi connectivity index (χ4n) is 1.53. The van der Waals surface area contributed by atoms with Crippen LogP contribution in [0.15, 0.2) is 18.2 Å². The van der Waals surface area contributed by atoms with Gasteiger partial charge in [0.2, 0.25) is 0 Å².